The molecule has 1 amide bonds. The summed E-state index contributed by atoms with van der Waals surface area (Å²) in [4.78, 5) is 10.6. The van der Waals surface area contributed by atoms with Crippen molar-refractivity contribution in [2.45, 2.75) is 6.92 Å². The highest BCUT2D eigenvalue weighted by Gasteiger charge is 2.07. The lowest BCUT2D eigenvalue weighted by Gasteiger charge is -2.08. The molecule has 0 bridgehead atoms. The molecule has 0 aliphatic carbocycles. The van der Waals surface area contributed by atoms with Crippen LogP contribution in [0.2, 0.25) is 0 Å². The minimum absolute atomic E-state index is 0.187. The number of amides is 1. The van der Waals surface area contributed by atoms with E-state index in [1.54, 1.807) is 37.3 Å². The standard InChI is InChI=1S/C12H11NO3/c1-7-5-6-8-9(11(7)14)3-2-4-10(8)13-12(15)16/h2-6,13-14H,1H3,(H,15,16). The van der Waals surface area contributed by atoms with Crippen molar-refractivity contribution in [2.24, 2.45) is 0 Å². The first kappa shape index (κ1) is 10.3. The highest BCUT2D eigenvalue weighted by molar-refractivity contribution is 6.02. The molecule has 0 aromatic heterocycles. The summed E-state index contributed by atoms with van der Waals surface area (Å²) in [7, 11) is 0. The van der Waals surface area contributed by atoms with E-state index in [2.05, 4.69) is 5.32 Å². The predicted molar refractivity (Wildman–Crippen MR) is 62.0 cm³/mol. The molecular weight excluding hydrogens is 206 g/mol. The third kappa shape index (κ3) is 1.65. The third-order valence-electron chi connectivity index (χ3n) is 2.48. The average molecular weight is 217 g/mol. The number of phenols is 1. The number of nitrogens with one attached hydrogen (secondary N) is 1. The molecule has 3 N–H and O–H groups in total. The number of phenolic OH excluding ortho intramolecular Hbond substituents is 1. The zero-order valence-electron chi connectivity index (χ0n) is 8.69. The first-order chi connectivity index (χ1) is 7.59. The van der Waals surface area contributed by atoms with Crippen LogP contribution in [0.3, 0.4) is 0 Å². The summed E-state index contributed by atoms with van der Waals surface area (Å²) >= 11 is 0. The Bertz CT molecular complexity index is 563. The lowest BCUT2D eigenvalue weighted by molar-refractivity contribution is 0.210. The summed E-state index contributed by atoms with van der Waals surface area (Å²) in [6, 6.07) is 8.66. The van der Waals surface area contributed by atoms with Gasteiger partial charge in [0.15, 0.2) is 0 Å². The van der Waals surface area contributed by atoms with E-state index in [0.29, 0.717) is 16.5 Å². The molecule has 0 heterocycles. The number of hydrogen-bond donors (Lipinski definition) is 3. The first-order valence-electron chi connectivity index (χ1n) is 4.81. The topological polar surface area (TPSA) is 69.6 Å². The van der Waals surface area contributed by atoms with Crippen LogP contribution in [0.15, 0.2) is 30.3 Å². The average Bonchev–Trinajstić information content (AvgIpc) is 2.23. The van der Waals surface area contributed by atoms with Gasteiger partial charge >= 0.3 is 6.09 Å². The Balaban J connectivity index is 2.69. The fourth-order valence-corrected chi connectivity index (χ4v) is 1.68. The molecular formula is C12H11NO3. The number of carboxylic acid groups (broad SMARTS) is 1. The number of aromatic hydroxyl groups is 1. The van der Waals surface area contributed by atoms with Gasteiger partial charge in [0.25, 0.3) is 0 Å². The fraction of sp³-hybridized carbons (Fsp3) is 0.0833. The molecule has 0 radical (unpaired) electrons. The maximum atomic E-state index is 10.6. The first-order valence-corrected chi connectivity index (χ1v) is 4.81. The predicted octanol–water partition coefficient (Wildman–Crippen LogP) is 2.94. The van der Waals surface area contributed by atoms with E-state index in [-0.39, 0.29) is 5.75 Å². The van der Waals surface area contributed by atoms with Gasteiger partial charge in [-0.1, -0.05) is 24.3 Å². The van der Waals surface area contributed by atoms with E-state index in [9.17, 15) is 9.90 Å². The van der Waals surface area contributed by atoms with E-state index < -0.39 is 6.09 Å². The van der Waals surface area contributed by atoms with Crippen molar-refractivity contribution in [3.63, 3.8) is 0 Å². The number of carbonyl (C=O) groups is 1. The van der Waals surface area contributed by atoms with Crippen molar-refractivity contribution in [3.8, 4) is 5.75 Å². The second-order valence-electron chi connectivity index (χ2n) is 3.56. The summed E-state index contributed by atoms with van der Waals surface area (Å²) in [6.07, 6.45) is -1.12. The normalized spacial score (nSPS) is 10.3. The van der Waals surface area contributed by atoms with Crippen molar-refractivity contribution in [1.82, 2.24) is 0 Å². The molecule has 4 nitrogen and oxygen atoms in total. The van der Waals surface area contributed by atoms with Crippen LogP contribution >= 0.6 is 0 Å². The molecule has 2 aromatic rings. The molecule has 0 unspecified atom stereocenters. The smallest absolute Gasteiger partial charge is 0.409 e. The monoisotopic (exact) mass is 217 g/mol. The van der Waals surface area contributed by atoms with Crippen molar-refractivity contribution in [2.75, 3.05) is 5.32 Å². The Morgan fingerprint density at radius 3 is 2.62 bits per heavy atom. The number of hydrogen-bond acceptors (Lipinski definition) is 2. The van der Waals surface area contributed by atoms with E-state index in [0.717, 1.165) is 5.56 Å². The van der Waals surface area contributed by atoms with Crippen LogP contribution < -0.4 is 5.32 Å². The second-order valence-corrected chi connectivity index (χ2v) is 3.56. The Labute approximate surface area is 92.1 Å². The van der Waals surface area contributed by atoms with Crippen molar-refractivity contribution in [3.05, 3.63) is 35.9 Å². The van der Waals surface area contributed by atoms with Gasteiger partial charge in [0, 0.05) is 10.8 Å². The van der Waals surface area contributed by atoms with Gasteiger partial charge in [-0.2, -0.15) is 0 Å². The van der Waals surface area contributed by atoms with E-state index in [4.69, 9.17) is 5.11 Å². The molecule has 0 aliphatic rings. The molecule has 0 saturated carbocycles. The molecule has 2 aromatic carbocycles. The third-order valence-corrected chi connectivity index (χ3v) is 2.48. The van der Waals surface area contributed by atoms with Crippen molar-refractivity contribution < 1.29 is 15.0 Å². The Kier molecular flexibility index (Phi) is 2.40. The van der Waals surface area contributed by atoms with E-state index >= 15 is 0 Å². The van der Waals surface area contributed by atoms with Crippen LogP contribution in [0.5, 0.6) is 5.75 Å². The van der Waals surface area contributed by atoms with Gasteiger partial charge in [-0.25, -0.2) is 4.79 Å². The maximum Gasteiger partial charge on any atom is 0.409 e. The fourth-order valence-electron chi connectivity index (χ4n) is 1.68. The molecule has 82 valence electrons. The quantitative estimate of drug-likeness (QED) is 0.687. The molecule has 0 atom stereocenters. The number of benzene rings is 2. The zero-order chi connectivity index (χ0) is 11.7. The molecule has 2 rings (SSSR count). The van der Waals surface area contributed by atoms with Crippen LogP contribution in [0.4, 0.5) is 10.5 Å². The number of rotatable bonds is 1. The summed E-state index contributed by atoms with van der Waals surface area (Å²) in [6.45, 7) is 1.80. The summed E-state index contributed by atoms with van der Waals surface area (Å²) in [5.74, 6) is 0.187. The minimum Gasteiger partial charge on any atom is -0.507 e. The largest absolute Gasteiger partial charge is 0.507 e. The van der Waals surface area contributed by atoms with Crippen LogP contribution in [-0.2, 0) is 0 Å². The van der Waals surface area contributed by atoms with Gasteiger partial charge < -0.3 is 10.2 Å². The zero-order valence-corrected chi connectivity index (χ0v) is 8.69. The molecule has 0 fully saturated rings. The van der Waals surface area contributed by atoms with Crippen LogP contribution in [-0.4, -0.2) is 16.3 Å². The summed E-state index contributed by atoms with van der Waals surface area (Å²) < 4.78 is 0. The molecule has 0 saturated heterocycles. The molecule has 16 heavy (non-hydrogen) atoms. The maximum absolute atomic E-state index is 10.6. The van der Waals surface area contributed by atoms with E-state index in [1.807, 2.05) is 0 Å². The Morgan fingerprint density at radius 2 is 1.94 bits per heavy atom. The van der Waals surface area contributed by atoms with E-state index in [1.165, 1.54) is 0 Å². The lowest BCUT2D eigenvalue weighted by atomic mass is 10.0. The van der Waals surface area contributed by atoms with Gasteiger partial charge in [-0.15, -0.1) is 0 Å². The van der Waals surface area contributed by atoms with Crippen molar-refractivity contribution >= 4 is 22.6 Å². The molecule has 4 heteroatoms. The summed E-state index contributed by atoms with van der Waals surface area (Å²) in [5, 5.41) is 22.2. The number of aryl methyl sites for hydroxylation is 1. The van der Waals surface area contributed by atoms with Gasteiger partial charge in [0.05, 0.1) is 5.69 Å². The Hall–Kier alpha value is -2.23. The lowest BCUT2D eigenvalue weighted by Crippen LogP contribution is -2.07. The minimum atomic E-state index is -1.12. The highest BCUT2D eigenvalue weighted by Crippen LogP contribution is 2.32. The van der Waals surface area contributed by atoms with Crippen LogP contribution in [0.25, 0.3) is 10.8 Å². The Morgan fingerprint density at radius 1 is 1.19 bits per heavy atom. The van der Waals surface area contributed by atoms with Crippen LogP contribution in [0, 0.1) is 6.92 Å². The number of anilines is 1. The second kappa shape index (κ2) is 3.73. The highest BCUT2D eigenvalue weighted by atomic mass is 16.4. The van der Waals surface area contributed by atoms with Gasteiger partial charge in [0.1, 0.15) is 5.75 Å². The van der Waals surface area contributed by atoms with Gasteiger partial charge in [-0.3, -0.25) is 5.32 Å². The number of fused-ring (bicyclic) bond motifs is 1. The van der Waals surface area contributed by atoms with Gasteiger partial charge in [0.2, 0.25) is 0 Å². The SMILES string of the molecule is Cc1ccc2c(NC(=O)O)cccc2c1O. The summed E-state index contributed by atoms with van der Waals surface area (Å²) in [5.41, 5.74) is 1.24. The molecule has 0 aliphatic heterocycles. The van der Waals surface area contributed by atoms with Crippen molar-refractivity contribution in [1.29, 1.82) is 0 Å². The van der Waals surface area contributed by atoms with Gasteiger partial charge in [-0.05, 0) is 18.6 Å². The van der Waals surface area contributed by atoms with Crippen LogP contribution in [0.1, 0.15) is 5.56 Å². The molecule has 0 spiro atoms.